The number of hydrogen-bond donors (Lipinski definition) is 3. The van der Waals surface area contributed by atoms with Crippen LogP contribution in [0.4, 0.5) is 10.5 Å². The van der Waals surface area contributed by atoms with Crippen molar-refractivity contribution in [3.8, 4) is 28.1 Å². The Labute approximate surface area is 304 Å². The van der Waals surface area contributed by atoms with Crippen molar-refractivity contribution >= 4 is 29.3 Å². The van der Waals surface area contributed by atoms with Gasteiger partial charge in [-0.3, -0.25) is 14.8 Å². The number of carbonyl (C=O) groups excluding carboxylic acids is 2. The first-order valence-electron chi connectivity index (χ1n) is 17.1. The fourth-order valence-corrected chi connectivity index (χ4v) is 6.17. The number of halogens is 1. The van der Waals surface area contributed by atoms with Crippen molar-refractivity contribution in [2.24, 2.45) is 0 Å². The van der Waals surface area contributed by atoms with Crippen LogP contribution in [0.5, 0.6) is 5.75 Å². The predicted octanol–water partition coefficient (Wildman–Crippen LogP) is 7.03. The Bertz CT molecular complexity index is 1820. The normalized spacial score (nSPS) is 13.5. The van der Waals surface area contributed by atoms with Crippen molar-refractivity contribution in [1.82, 2.24) is 20.2 Å². The lowest BCUT2D eigenvalue weighted by atomic mass is 9.97. The van der Waals surface area contributed by atoms with E-state index in [2.05, 4.69) is 20.6 Å². The number of nitrogens with one attached hydrogen (secondary N) is 2. The Morgan fingerprint density at radius 1 is 1.06 bits per heavy atom. The van der Waals surface area contributed by atoms with Crippen molar-refractivity contribution in [1.29, 1.82) is 0 Å². The second-order valence-corrected chi connectivity index (χ2v) is 13.8. The molecule has 1 fully saturated rings. The van der Waals surface area contributed by atoms with Crippen LogP contribution in [0.15, 0.2) is 67.0 Å². The van der Waals surface area contributed by atoms with Crippen LogP contribution >= 0.6 is 11.6 Å². The monoisotopic (exact) mass is 715 g/mol. The Morgan fingerprint density at radius 3 is 2.53 bits per heavy atom. The molecule has 12 heteroatoms. The summed E-state index contributed by atoms with van der Waals surface area (Å²) < 4.78 is 16.7. The first-order valence-corrected chi connectivity index (χ1v) is 17.4. The summed E-state index contributed by atoms with van der Waals surface area (Å²) in [5.74, 6) is 0.365. The molecule has 0 aliphatic carbocycles. The van der Waals surface area contributed by atoms with Gasteiger partial charge < -0.3 is 34.9 Å². The van der Waals surface area contributed by atoms with Gasteiger partial charge in [0.1, 0.15) is 17.0 Å². The molecule has 1 aliphatic rings. The van der Waals surface area contributed by atoms with Crippen molar-refractivity contribution in [2.45, 2.75) is 65.3 Å². The molecule has 5 rings (SSSR count). The average Bonchev–Trinajstić information content (AvgIpc) is 3.11. The summed E-state index contributed by atoms with van der Waals surface area (Å²) in [6, 6.07) is 17.3. The number of nitrogens with zero attached hydrogens (tertiary/aromatic N) is 3. The van der Waals surface area contributed by atoms with E-state index < -0.39 is 11.7 Å². The van der Waals surface area contributed by atoms with E-state index in [0.29, 0.717) is 34.6 Å². The van der Waals surface area contributed by atoms with E-state index in [1.54, 1.807) is 46.2 Å². The summed E-state index contributed by atoms with van der Waals surface area (Å²) in [7, 11) is 1.66. The second-order valence-electron chi connectivity index (χ2n) is 13.4. The summed E-state index contributed by atoms with van der Waals surface area (Å²) >= 11 is 7.05. The van der Waals surface area contributed by atoms with Gasteiger partial charge in [0, 0.05) is 67.1 Å². The third kappa shape index (κ3) is 9.83. The molecular formula is C39H46ClN5O6. The maximum atomic E-state index is 13.3. The molecule has 51 heavy (non-hydrogen) atoms. The van der Waals surface area contributed by atoms with Gasteiger partial charge in [-0.25, -0.2) is 4.79 Å². The Kier molecular flexibility index (Phi) is 12.6. The quantitative estimate of drug-likeness (QED) is 0.141. The van der Waals surface area contributed by atoms with Gasteiger partial charge in [0.15, 0.2) is 0 Å². The first-order chi connectivity index (χ1) is 24.5. The molecule has 2 aromatic heterocycles. The molecule has 1 saturated heterocycles. The molecule has 0 unspecified atom stereocenters. The lowest BCUT2D eigenvalue weighted by Gasteiger charge is -2.27. The Balaban J connectivity index is 1.30. The zero-order valence-electron chi connectivity index (χ0n) is 29.8. The average molecular weight is 716 g/mol. The number of methoxy groups -OCH3 is 1. The van der Waals surface area contributed by atoms with Crippen molar-refractivity contribution < 1.29 is 28.9 Å². The maximum absolute atomic E-state index is 13.3. The number of aliphatic hydroxyl groups is 1. The van der Waals surface area contributed by atoms with Crippen LogP contribution in [0.3, 0.4) is 0 Å². The topological polar surface area (TPSA) is 135 Å². The molecule has 4 aromatic rings. The smallest absolute Gasteiger partial charge is 0.410 e. The lowest BCUT2D eigenvalue weighted by Crippen LogP contribution is -2.38. The SMILES string of the molecule is COc1cc(-c2nccc(-c3cccc(NC(=O)c4ccc(CN(CCO)C(=O)OC(C)(C)C)cn4)c3C)c2Cl)ccc1CNC1CCOCC1. The van der Waals surface area contributed by atoms with Gasteiger partial charge in [-0.1, -0.05) is 41.9 Å². The zero-order valence-corrected chi connectivity index (χ0v) is 30.5. The van der Waals surface area contributed by atoms with E-state index in [4.69, 9.17) is 25.8 Å². The summed E-state index contributed by atoms with van der Waals surface area (Å²) in [6.45, 7) is 9.57. The number of carbonyl (C=O) groups is 2. The lowest BCUT2D eigenvalue weighted by molar-refractivity contribution is 0.0201. The van der Waals surface area contributed by atoms with E-state index in [9.17, 15) is 14.7 Å². The van der Waals surface area contributed by atoms with E-state index in [1.165, 1.54) is 11.1 Å². The van der Waals surface area contributed by atoms with Crippen LogP contribution in [-0.4, -0.2) is 77.1 Å². The third-order valence-electron chi connectivity index (χ3n) is 8.58. The fraction of sp³-hybridized carbons (Fsp3) is 0.385. The molecule has 270 valence electrons. The van der Waals surface area contributed by atoms with E-state index in [-0.39, 0.29) is 31.3 Å². The molecule has 11 nitrogen and oxygen atoms in total. The standard InChI is InChI=1S/C39H46ClN5O6/c1-25-30(31-13-16-41-36(35(31)40)27-10-11-28(34(21-27)49-5)23-42-29-14-19-50-20-15-29)7-6-8-32(25)44-37(47)33-12-9-26(22-43-33)24-45(17-18-46)38(48)51-39(2,3)4/h6-13,16,21-22,29,42,46H,14-15,17-20,23-24H2,1-5H3,(H,44,47). The predicted molar refractivity (Wildman–Crippen MR) is 198 cm³/mol. The summed E-state index contributed by atoms with van der Waals surface area (Å²) in [4.78, 5) is 36.3. The van der Waals surface area contributed by atoms with Crippen molar-refractivity contribution in [3.63, 3.8) is 0 Å². The molecule has 0 radical (unpaired) electrons. The largest absolute Gasteiger partial charge is 0.496 e. The molecule has 3 N–H and O–H groups in total. The summed E-state index contributed by atoms with van der Waals surface area (Å²) in [5.41, 5.74) is 5.78. The van der Waals surface area contributed by atoms with E-state index in [1.807, 2.05) is 49.4 Å². The molecule has 2 aromatic carbocycles. The fourth-order valence-electron chi connectivity index (χ4n) is 5.85. The summed E-state index contributed by atoms with van der Waals surface area (Å²) in [6.07, 6.45) is 4.71. The number of rotatable bonds is 12. The highest BCUT2D eigenvalue weighted by molar-refractivity contribution is 6.35. The molecule has 0 spiro atoms. The van der Waals surface area contributed by atoms with Gasteiger partial charge in [-0.15, -0.1) is 0 Å². The highest BCUT2D eigenvalue weighted by atomic mass is 35.5. The molecule has 0 atom stereocenters. The number of anilines is 1. The number of aromatic nitrogens is 2. The van der Waals surface area contributed by atoms with Gasteiger partial charge in [0.2, 0.25) is 0 Å². The zero-order chi connectivity index (χ0) is 36.5. The first kappa shape index (κ1) is 37.7. The minimum absolute atomic E-state index is 0.102. The van der Waals surface area contributed by atoms with Crippen molar-refractivity contribution in [3.05, 3.63) is 94.4 Å². The van der Waals surface area contributed by atoms with Gasteiger partial charge >= 0.3 is 6.09 Å². The van der Waals surface area contributed by atoms with Crippen LogP contribution in [-0.2, 0) is 22.6 Å². The summed E-state index contributed by atoms with van der Waals surface area (Å²) in [5, 5.41) is 16.5. The molecular weight excluding hydrogens is 670 g/mol. The van der Waals surface area contributed by atoms with Gasteiger partial charge in [-0.2, -0.15) is 0 Å². The van der Waals surface area contributed by atoms with Gasteiger partial charge in [0.25, 0.3) is 5.91 Å². The molecule has 2 amide bonds. The molecule has 1 aliphatic heterocycles. The molecule has 0 bridgehead atoms. The van der Waals surface area contributed by atoms with Crippen LogP contribution in [0.25, 0.3) is 22.4 Å². The number of pyridine rings is 2. The molecule has 0 saturated carbocycles. The van der Waals surface area contributed by atoms with Crippen LogP contribution in [0, 0.1) is 6.92 Å². The third-order valence-corrected chi connectivity index (χ3v) is 8.96. The van der Waals surface area contributed by atoms with Crippen LogP contribution < -0.4 is 15.4 Å². The van der Waals surface area contributed by atoms with Gasteiger partial charge in [0.05, 0.1) is 31.0 Å². The highest BCUT2D eigenvalue weighted by Crippen LogP contribution is 2.39. The minimum Gasteiger partial charge on any atom is -0.496 e. The van der Waals surface area contributed by atoms with Crippen LogP contribution in [0.1, 0.15) is 60.8 Å². The van der Waals surface area contributed by atoms with E-state index >= 15 is 0 Å². The van der Waals surface area contributed by atoms with Gasteiger partial charge in [-0.05, 0) is 81.5 Å². The number of ether oxygens (including phenoxy) is 3. The second kappa shape index (κ2) is 17.1. The Morgan fingerprint density at radius 2 is 1.84 bits per heavy atom. The minimum atomic E-state index is -0.672. The highest BCUT2D eigenvalue weighted by Gasteiger charge is 2.23. The molecule has 3 heterocycles. The van der Waals surface area contributed by atoms with Crippen molar-refractivity contribution in [2.75, 3.05) is 38.8 Å². The number of benzene rings is 2. The number of amides is 2. The maximum Gasteiger partial charge on any atom is 0.410 e. The number of aliphatic hydroxyl groups excluding tert-OH is 1. The number of hydrogen-bond acceptors (Lipinski definition) is 9. The van der Waals surface area contributed by atoms with E-state index in [0.717, 1.165) is 59.6 Å². The Hall–Kier alpha value is -4.55. The van der Waals surface area contributed by atoms with Crippen LogP contribution in [0.2, 0.25) is 5.02 Å².